The summed E-state index contributed by atoms with van der Waals surface area (Å²) in [6.07, 6.45) is 1.12. The molecule has 0 spiro atoms. The minimum absolute atomic E-state index is 0.291. The van der Waals surface area contributed by atoms with E-state index in [1.165, 1.54) is 0 Å². The SMILES string of the molecule is CCOC(=O)NCc1ncn(C)n1. The minimum atomic E-state index is -0.449. The number of rotatable bonds is 3. The number of amides is 1. The fourth-order valence-electron chi connectivity index (χ4n) is 0.798. The molecule has 0 aromatic carbocycles. The molecule has 0 aliphatic carbocycles. The second-order valence-corrected chi connectivity index (χ2v) is 2.41. The first kappa shape index (κ1) is 9.50. The summed E-state index contributed by atoms with van der Waals surface area (Å²) in [6.45, 7) is 2.40. The lowest BCUT2D eigenvalue weighted by molar-refractivity contribution is 0.151. The van der Waals surface area contributed by atoms with E-state index in [1.807, 2.05) is 0 Å². The minimum Gasteiger partial charge on any atom is -0.450 e. The van der Waals surface area contributed by atoms with Crippen molar-refractivity contribution < 1.29 is 9.53 Å². The summed E-state index contributed by atoms with van der Waals surface area (Å²) in [5.41, 5.74) is 0. The van der Waals surface area contributed by atoms with Crippen molar-refractivity contribution in [3.63, 3.8) is 0 Å². The molecule has 1 amide bonds. The van der Waals surface area contributed by atoms with Gasteiger partial charge in [0.25, 0.3) is 0 Å². The number of hydrogen-bond donors (Lipinski definition) is 1. The number of aromatic nitrogens is 3. The normalized spacial score (nSPS) is 9.69. The monoisotopic (exact) mass is 184 g/mol. The summed E-state index contributed by atoms with van der Waals surface area (Å²) in [5.74, 6) is 0.565. The van der Waals surface area contributed by atoms with Crippen molar-refractivity contribution in [1.29, 1.82) is 0 Å². The summed E-state index contributed by atoms with van der Waals surface area (Å²) in [5, 5.41) is 6.49. The van der Waals surface area contributed by atoms with Crippen LogP contribution in [0.1, 0.15) is 12.7 Å². The summed E-state index contributed by atoms with van der Waals surface area (Å²) in [7, 11) is 1.76. The predicted molar refractivity (Wildman–Crippen MR) is 44.9 cm³/mol. The van der Waals surface area contributed by atoms with Gasteiger partial charge in [0.2, 0.25) is 0 Å². The molecular weight excluding hydrogens is 172 g/mol. The van der Waals surface area contributed by atoms with Gasteiger partial charge in [0, 0.05) is 7.05 Å². The third kappa shape index (κ3) is 3.10. The van der Waals surface area contributed by atoms with E-state index in [4.69, 9.17) is 0 Å². The van der Waals surface area contributed by atoms with Gasteiger partial charge in [-0.2, -0.15) is 5.10 Å². The highest BCUT2D eigenvalue weighted by Gasteiger charge is 2.02. The molecule has 1 N–H and O–H groups in total. The third-order valence-corrected chi connectivity index (χ3v) is 1.31. The van der Waals surface area contributed by atoms with Crippen molar-refractivity contribution >= 4 is 6.09 Å². The van der Waals surface area contributed by atoms with Crippen LogP contribution in [0.4, 0.5) is 4.79 Å². The second-order valence-electron chi connectivity index (χ2n) is 2.41. The van der Waals surface area contributed by atoms with Crippen LogP contribution in [-0.4, -0.2) is 27.5 Å². The molecule has 1 aromatic rings. The Hall–Kier alpha value is -1.59. The van der Waals surface area contributed by atoms with Gasteiger partial charge < -0.3 is 10.1 Å². The van der Waals surface area contributed by atoms with E-state index in [2.05, 4.69) is 20.1 Å². The maximum Gasteiger partial charge on any atom is 0.407 e. The number of carbonyl (C=O) groups is 1. The Bertz CT molecular complexity index is 284. The van der Waals surface area contributed by atoms with E-state index in [0.29, 0.717) is 19.0 Å². The van der Waals surface area contributed by atoms with E-state index in [0.717, 1.165) is 0 Å². The molecule has 6 nitrogen and oxygen atoms in total. The standard InChI is InChI=1S/C7H12N4O2/c1-3-13-7(12)8-4-6-9-5-11(2)10-6/h5H,3-4H2,1-2H3,(H,8,12). The number of nitrogens with zero attached hydrogens (tertiary/aromatic N) is 3. The first-order chi connectivity index (χ1) is 6.22. The molecule has 1 aromatic heterocycles. The Kier molecular flexibility index (Phi) is 3.24. The van der Waals surface area contributed by atoms with Crippen molar-refractivity contribution in [1.82, 2.24) is 20.1 Å². The number of hydrogen-bond acceptors (Lipinski definition) is 4. The molecule has 0 fully saturated rings. The number of nitrogens with one attached hydrogen (secondary N) is 1. The molecular formula is C7H12N4O2. The second kappa shape index (κ2) is 4.44. The average molecular weight is 184 g/mol. The van der Waals surface area contributed by atoms with Gasteiger partial charge in [0.1, 0.15) is 6.33 Å². The fourth-order valence-corrected chi connectivity index (χ4v) is 0.798. The van der Waals surface area contributed by atoms with Crippen molar-refractivity contribution in [3.8, 4) is 0 Å². The zero-order chi connectivity index (χ0) is 9.68. The summed E-state index contributed by atoms with van der Waals surface area (Å²) >= 11 is 0. The van der Waals surface area contributed by atoms with Crippen molar-refractivity contribution in [2.45, 2.75) is 13.5 Å². The topological polar surface area (TPSA) is 69.0 Å². The highest BCUT2D eigenvalue weighted by atomic mass is 16.5. The highest BCUT2D eigenvalue weighted by molar-refractivity contribution is 5.66. The molecule has 72 valence electrons. The van der Waals surface area contributed by atoms with Gasteiger partial charge in [0.15, 0.2) is 5.82 Å². The van der Waals surface area contributed by atoms with E-state index in [1.54, 1.807) is 25.0 Å². The van der Waals surface area contributed by atoms with Gasteiger partial charge in [-0.3, -0.25) is 4.68 Å². The molecule has 0 aliphatic heterocycles. The van der Waals surface area contributed by atoms with Crippen LogP contribution in [0.2, 0.25) is 0 Å². The number of carbonyl (C=O) groups excluding carboxylic acids is 1. The van der Waals surface area contributed by atoms with E-state index < -0.39 is 6.09 Å². The van der Waals surface area contributed by atoms with Crippen LogP contribution >= 0.6 is 0 Å². The average Bonchev–Trinajstić information content (AvgIpc) is 2.49. The Labute approximate surface area is 75.9 Å². The number of aryl methyl sites for hydroxylation is 1. The summed E-state index contributed by atoms with van der Waals surface area (Å²) in [6, 6.07) is 0. The van der Waals surface area contributed by atoms with E-state index in [-0.39, 0.29) is 0 Å². The van der Waals surface area contributed by atoms with Gasteiger partial charge in [-0.15, -0.1) is 0 Å². The van der Waals surface area contributed by atoms with Crippen LogP contribution in [0.25, 0.3) is 0 Å². The Morgan fingerprint density at radius 2 is 2.54 bits per heavy atom. The van der Waals surface area contributed by atoms with Gasteiger partial charge in [0.05, 0.1) is 13.2 Å². The van der Waals surface area contributed by atoms with Crippen LogP contribution in [0.5, 0.6) is 0 Å². The fraction of sp³-hybridized carbons (Fsp3) is 0.571. The maximum absolute atomic E-state index is 10.8. The quantitative estimate of drug-likeness (QED) is 0.721. The summed E-state index contributed by atoms with van der Waals surface area (Å²) < 4.78 is 6.23. The third-order valence-electron chi connectivity index (χ3n) is 1.31. The lowest BCUT2D eigenvalue weighted by atomic mass is 10.6. The predicted octanol–water partition coefficient (Wildman–Crippen LogP) is 0.0612. The molecule has 0 bridgehead atoms. The summed E-state index contributed by atoms with van der Waals surface area (Å²) in [4.78, 5) is 14.8. The molecule has 1 heterocycles. The Balaban J connectivity index is 2.30. The zero-order valence-corrected chi connectivity index (χ0v) is 7.65. The van der Waals surface area contributed by atoms with Crippen molar-refractivity contribution in [2.75, 3.05) is 6.61 Å². The molecule has 0 aliphatic rings. The van der Waals surface area contributed by atoms with Gasteiger partial charge >= 0.3 is 6.09 Å². The lowest BCUT2D eigenvalue weighted by Crippen LogP contribution is -2.24. The smallest absolute Gasteiger partial charge is 0.407 e. The molecule has 0 unspecified atom stereocenters. The van der Waals surface area contributed by atoms with E-state index in [9.17, 15) is 4.79 Å². The van der Waals surface area contributed by atoms with Gasteiger partial charge in [-0.1, -0.05) is 0 Å². The number of ether oxygens (including phenoxy) is 1. The van der Waals surface area contributed by atoms with Crippen LogP contribution < -0.4 is 5.32 Å². The van der Waals surface area contributed by atoms with Crippen molar-refractivity contribution in [3.05, 3.63) is 12.2 Å². The highest BCUT2D eigenvalue weighted by Crippen LogP contribution is 1.87. The molecule has 6 heteroatoms. The van der Waals surface area contributed by atoms with Crippen LogP contribution in [0, 0.1) is 0 Å². The molecule has 0 saturated heterocycles. The Morgan fingerprint density at radius 1 is 1.77 bits per heavy atom. The van der Waals surface area contributed by atoms with Gasteiger partial charge in [-0.25, -0.2) is 9.78 Å². The van der Waals surface area contributed by atoms with Crippen molar-refractivity contribution in [2.24, 2.45) is 7.05 Å². The first-order valence-electron chi connectivity index (χ1n) is 3.97. The molecule has 0 atom stereocenters. The molecule has 0 radical (unpaired) electrons. The van der Waals surface area contributed by atoms with Crippen LogP contribution in [0.3, 0.4) is 0 Å². The molecule has 0 saturated carbocycles. The molecule has 13 heavy (non-hydrogen) atoms. The first-order valence-corrected chi connectivity index (χ1v) is 3.97. The van der Waals surface area contributed by atoms with Crippen LogP contribution in [0.15, 0.2) is 6.33 Å². The lowest BCUT2D eigenvalue weighted by Gasteiger charge is -2.01. The maximum atomic E-state index is 10.8. The van der Waals surface area contributed by atoms with Crippen LogP contribution in [-0.2, 0) is 18.3 Å². The van der Waals surface area contributed by atoms with E-state index >= 15 is 0 Å². The largest absolute Gasteiger partial charge is 0.450 e. The Morgan fingerprint density at radius 3 is 3.08 bits per heavy atom. The molecule has 1 rings (SSSR count). The van der Waals surface area contributed by atoms with Gasteiger partial charge in [-0.05, 0) is 6.92 Å². The number of alkyl carbamates (subject to hydrolysis) is 1. The zero-order valence-electron chi connectivity index (χ0n) is 7.65.